The van der Waals surface area contributed by atoms with Gasteiger partial charge in [-0.2, -0.15) is 13.2 Å². The molecule has 1 aromatic rings. The van der Waals surface area contributed by atoms with Gasteiger partial charge >= 0.3 is 6.18 Å². The molecule has 1 amide bonds. The predicted molar refractivity (Wildman–Crippen MR) is 102 cm³/mol. The predicted octanol–water partition coefficient (Wildman–Crippen LogP) is 3.18. The molecule has 1 saturated heterocycles. The Morgan fingerprint density at radius 1 is 1.29 bits per heavy atom. The lowest BCUT2D eigenvalue weighted by atomic mass is 10.1. The highest BCUT2D eigenvalue weighted by Gasteiger charge is 2.34. The molecule has 0 saturated carbocycles. The number of carbonyl (C=O) groups excluding carboxylic acids is 1. The molecule has 1 aromatic carbocycles. The second kappa shape index (κ2) is 8.72. The summed E-state index contributed by atoms with van der Waals surface area (Å²) in [6.07, 6.45) is -4.31. The average Bonchev–Trinajstić information content (AvgIpc) is 2.59. The van der Waals surface area contributed by atoms with Gasteiger partial charge in [0.05, 0.1) is 10.5 Å². The van der Waals surface area contributed by atoms with Gasteiger partial charge in [-0.15, -0.1) is 0 Å². The monoisotopic (exact) mass is 418 g/mol. The molecule has 1 heterocycles. The number of nitrogens with one attached hydrogen (secondary N) is 1. The number of nitrogens with zero attached hydrogens (tertiary/aromatic N) is 3. The highest BCUT2D eigenvalue weighted by Crippen LogP contribution is 2.36. The van der Waals surface area contributed by atoms with Crippen LogP contribution in [0.2, 0.25) is 0 Å². The van der Waals surface area contributed by atoms with E-state index in [0.29, 0.717) is 38.7 Å². The molecule has 1 fully saturated rings. The van der Waals surface area contributed by atoms with Crippen LogP contribution < -0.4 is 10.2 Å². The molecule has 7 nitrogen and oxygen atoms in total. The van der Waals surface area contributed by atoms with E-state index in [1.54, 1.807) is 9.80 Å². The third-order valence-corrected chi connectivity index (χ3v) is 4.61. The Kier molecular flexibility index (Phi) is 6.81. The van der Waals surface area contributed by atoms with E-state index < -0.39 is 22.4 Å². The third-order valence-electron chi connectivity index (χ3n) is 4.25. The Bertz CT molecular complexity index is 763. The SMILES string of the molecule is CC(C)CC(=O)NC(=S)N1CCN(c2ccc(C(F)(F)F)cc2[N+](=O)[O-])CC1. The molecule has 0 bridgehead atoms. The number of hydrogen-bond acceptors (Lipinski definition) is 5. The number of halogens is 3. The minimum absolute atomic E-state index is 0.132. The van der Waals surface area contributed by atoms with Crippen molar-refractivity contribution in [2.75, 3.05) is 31.1 Å². The zero-order valence-corrected chi connectivity index (χ0v) is 16.3. The second-order valence-electron chi connectivity index (χ2n) is 6.88. The molecular formula is C17H21F3N4O3S. The lowest BCUT2D eigenvalue weighted by molar-refractivity contribution is -0.384. The van der Waals surface area contributed by atoms with Gasteiger partial charge < -0.3 is 15.1 Å². The summed E-state index contributed by atoms with van der Waals surface area (Å²) in [5, 5.41) is 14.2. The quantitative estimate of drug-likeness (QED) is 0.460. The fourth-order valence-corrected chi connectivity index (χ4v) is 3.18. The van der Waals surface area contributed by atoms with Crippen LogP contribution in [0.1, 0.15) is 25.8 Å². The maximum absolute atomic E-state index is 12.8. The number of nitro groups is 1. The Morgan fingerprint density at radius 2 is 1.89 bits per heavy atom. The van der Waals surface area contributed by atoms with Crippen molar-refractivity contribution in [3.63, 3.8) is 0 Å². The smallest absolute Gasteiger partial charge is 0.362 e. The first kappa shape index (κ1) is 21.9. The Hall–Kier alpha value is -2.43. The fourth-order valence-electron chi connectivity index (χ4n) is 2.88. The molecule has 0 aromatic heterocycles. The maximum Gasteiger partial charge on any atom is 0.416 e. The van der Waals surface area contributed by atoms with Gasteiger partial charge in [0.1, 0.15) is 5.69 Å². The lowest BCUT2D eigenvalue weighted by Crippen LogP contribution is -2.52. The van der Waals surface area contributed by atoms with Crippen molar-refractivity contribution in [3.05, 3.63) is 33.9 Å². The van der Waals surface area contributed by atoms with Gasteiger partial charge in [-0.3, -0.25) is 14.9 Å². The standard InChI is InChI=1S/C17H21F3N4O3S/c1-11(2)9-15(25)21-16(28)23-7-5-22(6-8-23)13-4-3-12(17(18,19)20)10-14(13)24(26)27/h3-4,10-11H,5-9H2,1-2H3,(H,21,25,28). The summed E-state index contributed by atoms with van der Waals surface area (Å²) in [7, 11) is 0. The minimum atomic E-state index is -4.65. The summed E-state index contributed by atoms with van der Waals surface area (Å²) < 4.78 is 38.5. The third kappa shape index (κ3) is 5.54. The van der Waals surface area contributed by atoms with Gasteiger partial charge in [-0.25, -0.2) is 0 Å². The summed E-state index contributed by atoms with van der Waals surface area (Å²) in [6, 6.07) is 2.52. The molecule has 11 heteroatoms. The van der Waals surface area contributed by atoms with Crippen LogP contribution in [-0.4, -0.2) is 47.0 Å². The zero-order chi connectivity index (χ0) is 21.1. The van der Waals surface area contributed by atoms with Gasteiger partial charge in [-0.05, 0) is 30.3 Å². The number of benzene rings is 1. The summed E-state index contributed by atoms with van der Waals surface area (Å²) in [5.74, 6) is 0.0145. The first-order chi connectivity index (χ1) is 13.0. The maximum atomic E-state index is 12.8. The summed E-state index contributed by atoms with van der Waals surface area (Å²) >= 11 is 5.23. The van der Waals surface area contributed by atoms with Gasteiger partial charge in [0.2, 0.25) is 5.91 Å². The highest BCUT2D eigenvalue weighted by atomic mass is 32.1. The molecule has 1 aliphatic rings. The second-order valence-corrected chi connectivity index (χ2v) is 7.27. The summed E-state index contributed by atoms with van der Waals surface area (Å²) in [5.41, 5.74) is -1.51. The van der Waals surface area contributed by atoms with Crippen molar-refractivity contribution in [3.8, 4) is 0 Å². The molecule has 0 spiro atoms. The van der Waals surface area contributed by atoms with Crippen molar-refractivity contribution in [2.24, 2.45) is 5.92 Å². The first-order valence-electron chi connectivity index (χ1n) is 8.68. The van der Waals surface area contributed by atoms with Crippen LogP contribution in [0.15, 0.2) is 18.2 Å². The van der Waals surface area contributed by atoms with Crippen molar-refractivity contribution >= 4 is 34.6 Å². The lowest BCUT2D eigenvalue weighted by Gasteiger charge is -2.37. The normalized spacial score (nSPS) is 14.9. The number of hydrogen-bond donors (Lipinski definition) is 1. The van der Waals surface area contributed by atoms with Crippen molar-refractivity contribution in [1.82, 2.24) is 10.2 Å². The van der Waals surface area contributed by atoms with Crippen LogP contribution in [-0.2, 0) is 11.0 Å². The number of thiocarbonyl (C=S) groups is 1. The number of rotatable bonds is 4. The van der Waals surface area contributed by atoms with E-state index in [1.165, 1.54) is 0 Å². The molecule has 2 rings (SSSR count). The number of amides is 1. The fraction of sp³-hybridized carbons (Fsp3) is 0.529. The topological polar surface area (TPSA) is 78.7 Å². The molecule has 1 N–H and O–H groups in total. The Morgan fingerprint density at radius 3 is 2.39 bits per heavy atom. The van der Waals surface area contributed by atoms with Gasteiger partial charge in [0.15, 0.2) is 5.11 Å². The molecule has 1 aliphatic heterocycles. The Labute approximate surface area is 165 Å². The zero-order valence-electron chi connectivity index (χ0n) is 15.5. The van der Waals surface area contributed by atoms with Crippen LogP contribution in [0, 0.1) is 16.0 Å². The van der Waals surface area contributed by atoms with Gasteiger partial charge in [0.25, 0.3) is 5.69 Å². The van der Waals surface area contributed by atoms with Gasteiger partial charge in [0, 0.05) is 38.7 Å². The Balaban J connectivity index is 2.06. The minimum Gasteiger partial charge on any atom is -0.362 e. The van der Waals surface area contributed by atoms with Gasteiger partial charge in [-0.1, -0.05) is 13.8 Å². The van der Waals surface area contributed by atoms with Crippen LogP contribution >= 0.6 is 12.2 Å². The van der Waals surface area contributed by atoms with Crippen LogP contribution in [0.3, 0.4) is 0 Å². The van der Waals surface area contributed by atoms with E-state index >= 15 is 0 Å². The molecule has 0 aliphatic carbocycles. The number of nitro benzene ring substituents is 1. The van der Waals surface area contributed by atoms with Crippen molar-refractivity contribution in [2.45, 2.75) is 26.4 Å². The van der Waals surface area contributed by atoms with E-state index in [1.807, 2.05) is 13.8 Å². The van der Waals surface area contributed by atoms with E-state index in [9.17, 15) is 28.1 Å². The van der Waals surface area contributed by atoms with E-state index in [0.717, 1.165) is 12.1 Å². The molecule has 0 atom stereocenters. The summed E-state index contributed by atoms with van der Waals surface area (Å²) in [4.78, 5) is 25.7. The van der Waals surface area contributed by atoms with Crippen molar-refractivity contribution < 1.29 is 22.9 Å². The summed E-state index contributed by atoms with van der Waals surface area (Å²) in [6.45, 7) is 5.26. The number of alkyl halides is 3. The van der Waals surface area contributed by atoms with E-state index in [4.69, 9.17) is 12.2 Å². The van der Waals surface area contributed by atoms with Crippen LogP contribution in [0.25, 0.3) is 0 Å². The molecular weight excluding hydrogens is 397 g/mol. The van der Waals surface area contributed by atoms with E-state index in [-0.39, 0.29) is 22.6 Å². The number of carbonyl (C=O) groups is 1. The first-order valence-corrected chi connectivity index (χ1v) is 9.09. The largest absolute Gasteiger partial charge is 0.416 e. The number of anilines is 1. The number of piperazine rings is 1. The molecule has 28 heavy (non-hydrogen) atoms. The molecule has 0 radical (unpaired) electrons. The van der Waals surface area contributed by atoms with Crippen LogP contribution in [0.4, 0.5) is 24.5 Å². The molecule has 154 valence electrons. The molecule has 0 unspecified atom stereocenters. The van der Waals surface area contributed by atoms with E-state index in [2.05, 4.69) is 5.32 Å². The highest BCUT2D eigenvalue weighted by molar-refractivity contribution is 7.80. The van der Waals surface area contributed by atoms with Crippen LogP contribution in [0.5, 0.6) is 0 Å². The average molecular weight is 418 g/mol. The van der Waals surface area contributed by atoms with Crippen molar-refractivity contribution in [1.29, 1.82) is 0 Å².